The molecular formula is C20H23N5O3. The second kappa shape index (κ2) is 6.85. The third-order valence-corrected chi connectivity index (χ3v) is 5.27. The highest BCUT2D eigenvalue weighted by molar-refractivity contribution is 5.53. The van der Waals surface area contributed by atoms with Crippen molar-refractivity contribution in [1.82, 2.24) is 19.8 Å². The van der Waals surface area contributed by atoms with Crippen LogP contribution in [0, 0.1) is 13.8 Å². The van der Waals surface area contributed by atoms with E-state index in [0.717, 1.165) is 66.0 Å². The van der Waals surface area contributed by atoms with E-state index in [4.69, 9.17) is 19.3 Å². The van der Waals surface area contributed by atoms with Crippen molar-refractivity contribution in [2.24, 2.45) is 0 Å². The molecule has 5 rings (SSSR count). The summed E-state index contributed by atoms with van der Waals surface area (Å²) >= 11 is 0. The summed E-state index contributed by atoms with van der Waals surface area (Å²) < 4.78 is 19.2. The lowest BCUT2D eigenvalue weighted by molar-refractivity contribution is 0.159. The van der Waals surface area contributed by atoms with E-state index in [1.807, 2.05) is 31.2 Å². The van der Waals surface area contributed by atoms with Gasteiger partial charge in [-0.1, -0.05) is 0 Å². The maximum atomic E-state index is 6.20. The van der Waals surface area contributed by atoms with Gasteiger partial charge in [0.05, 0.1) is 0 Å². The Labute approximate surface area is 163 Å². The van der Waals surface area contributed by atoms with Crippen LogP contribution in [0.4, 0.5) is 5.82 Å². The van der Waals surface area contributed by atoms with Gasteiger partial charge in [-0.15, -0.1) is 15.3 Å². The summed E-state index contributed by atoms with van der Waals surface area (Å²) in [6.45, 7) is 6.96. The molecule has 0 saturated carbocycles. The summed E-state index contributed by atoms with van der Waals surface area (Å²) in [7, 11) is 0. The number of aryl methyl sites for hydroxylation is 2. The lowest BCUT2D eigenvalue weighted by Crippen LogP contribution is -2.39. The molecule has 2 aromatic heterocycles. The maximum Gasteiger partial charge on any atom is 0.178 e. The zero-order valence-corrected chi connectivity index (χ0v) is 16.1. The largest absolute Gasteiger partial charge is 0.490 e. The van der Waals surface area contributed by atoms with Crippen molar-refractivity contribution in [2.45, 2.75) is 32.8 Å². The van der Waals surface area contributed by atoms with Crippen LogP contribution >= 0.6 is 0 Å². The molecule has 1 fully saturated rings. The minimum absolute atomic E-state index is 0.180. The molecule has 1 saturated heterocycles. The molecule has 0 aliphatic carbocycles. The lowest BCUT2D eigenvalue weighted by Gasteiger charge is -2.33. The van der Waals surface area contributed by atoms with E-state index in [9.17, 15) is 0 Å². The smallest absolute Gasteiger partial charge is 0.178 e. The second-order valence-corrected chi connectivity index (χ2v) is 7.28. The molecule has 8 nitrogen and oxygen atoms in total. The van der Waals surface area contributed by atoms with Gasteiger partial charge in [-0.2, -0.15) is 4.52 Å². The Morgan fingerprint density at radius 3 is 2.61 bits per heavy atom. The Balaban J connectivity index is 1.26. The van der Waals surface area contributed by atoms with Crippen molar-refractivity contribution in [3.05, 3.63) is 35.7 Å². The van der Waals surface area contributed by atoms with Gasteiger partial charge >= 0.3 is 0 Å². The molecule has 0 radical (unpaired) electrons. The van der Waals surface area contributed by atoms with Crippen LogP contribution in [0.15, 0.2) is 24.3 Å². The van der Waals surface area contributed by atoms with Crippen LogP contribution < -0.4 is 19.1 Å². The third kappa shape index (κ3) is 3.08. The summed E-state index contributed by atoms with van der Waals surface area (Å²) in [5.74, 6) is 4.17. The normalized spacial score (nSPS) is 17.1. The zero-order valence-electron chi connectivity index (χ0n) is 16.1. The van der Waals surface area contributed by atoms with Crippen LogP contribution in [0.1, 0.15) is 24.2 Å². The highest BCUT2D eigenvalue weighted by atomic mass is 16.6. The molecule has 0 spiro atoms. The first kappa shape index (κ1) is 17.1. The van der Waals surface area contributed by atoms with Gasteiger partial charge in [-0.25, -0.2) is 0 Å². The summed E-state index contributed by atoms with van der Waals surface area (Å²) in [6, 6.07) is 7.84. The van der Waals surface area contributed by atoms with Crippen LogP contribution in [0.25, 0.3) is 5.65 Å². The van der Waals surface area contributed by atoms with E-state index < -0.39 is 0 Å². The van der Waals surface area contributed by atoms with Crippen molar-refractivity contribution >= 4 is 11.5 Å². The first-order chi connectivity index (χ1) is 13.7. The summed E-state index contributed by atoms with van der Waals surface area (Å²) in [5.41, 5.74) is 1.90. The fraction of sp³-hybridized carbons (Fsp3) is 0.450. The van der Waals surface area contributed by atoms with Crippen LogP contribution in [-0.4, -0.2) is 52.2 Å². The predicted molar refractivity (Wildman–Crippen MR) is 104 cm³/mol. The molecule has 28 heavy (non-hydrogen) atoms. The van der Waals surface area contributed by atoms with Gasteiger partial charge < -0.3 is 19.1 Å². The number of benzene rings is 1. The van der Waals surface area contributed by atoms with E-state index in [1.54, 1.807) is 4.52 Å². The van der Waals surface area contributed by atoms with Crippen LogP contribution in [0.5, 0.6) is 17.2 Å². The van der Waals surface area contributed by atoms with Gasteiger partial charge in [0.2, 0.25) is 0 Å². The Hall–Kier alpha value is -3.03. The van der Waals surface area contributed by atoms with E-state index >= 15 is 0 Å². The minimum Gasteiger partial charge on any atom is -0.490 e. The fourth-order valence-corrected chi connectivity index (χ4v) is 3.81. The van der Waals surface area contributed by atoms with E-state index in [2.05, 4.69) is 22.0 Å². The number of fused-ring (bicyclic) bond motifs is 2. The number of aromatic nitrogens is 4. The molecule has 3 aromatic rings. The van der Waals surface area contributed by atoms with Gasteiger partial charge in [-0.05, 0) is 37.6 Å². The molecule has 8 heteroatoms. The highest BCUT2D eigenvalue weighted by Gasteiger charge is 2.24. The maximum absolute atomic E-state index is 6.20. The Morgan fingerprint density at radius 2 is 1.79 bits per heavy atom. The van der Waals surface area contributed by atoms with Crippen LogP contribution in [0.3, 0.4) is 0 Å². The van der Waals surface area contributed by atoms with Gasteiger partial charge in [-0.3, -0.25) is 0 Å². The van der Waals surface area contributed by atoms with Crippen LogP contribution in [0.2, 0.25) is 0 Å². The van der Waals surface area contributed by atoms with E-state index in [-0.39, 0.29) is 6.10 Å². The molecule has 2 aliphatic heterocycles. The van der Waals surface area contributed by atoms with Crippen molar-refractivity contribution in [3.63, 3.8) is 0 Å². The third-order valence-electron chi connectivity index (χ3n) is 5.27. The predicted octanol–water partition coefficient (Wildman–Crippen LogP) is 2.56. The topological polar surface area (TPSA) is 74.0 Å². The van der Waals surface area contributed by atoms with Crippen LogP contribution in [-0.2, 0) is 0 Å². The number of piperidine rings is 1. The van der Waals surface area contributed by atoms with Gasteiger partial charge in [0.15, 0.2) is 28.8 Å². The van der Waals surface area contributed by atoms with E-state index in [0.29, 0.717) is 13.2 Å². The molecule has 1 aromatic carbocycles. The lowest BCUT2D eigenvalue weighted by atomic mass is 10.1. The van der Waals surface area contributed by atoms with Gasteiger partial charge in [0.1, 0.15) is 25.1 Å². The summed E-state index contributed by atoms with van der Waals surface area (Å²) in [6.07, 6.45) is 2.06. The number of hydrogen-bond acceptors (Lipinski definition) is 7. The number of ether oxygens (including phenoxy) is 3. The van der Waals surface area contributed by atoms with Gasteiger partial charge in [0.25, 0.3) is 0 Å². The molecule has 0 unspecified atom stereocenters. The number of nitrogens with zero attached hydrogens (tertiary/aromatic N) is 5. The summed E-state index contributed by atoms with van der Waals surface area (Å²) in [5, 5.41) is 13.0. The molecule has 146 valence electrons. The monoisotopic (exact) mass is 381 g/mol. The molecule has 4 heterocycles. The SMILES string of the molecule is Cc1cc2nnc(C)n2nc1N1CCC(Oc2ccc3c(c2)OCCO3)CC1. The van der Waals surface area contributed by atoms with Crippen molar-refractivity contribution in [3.8, 4) is 17.2 Å². The number of hydrogen-bond donors (Lipinski definition) is 0. The average Bonchev–Trinajstić information content (AvgIpc) is 3.07. The van der Waals surface area contributed by atoms with Crippen molar-refractivity contribution < 1.29 is 14.2 Å². The fourth-order valence-electron chi connectivity index (χ4n) is 3.81. The van der Waals surface area contributed by atoms with Gasteiger partial charge in [0, 0.05) is 32.0 Å². The van der Waals surface area contributed by atoms with Crippen molar-refractivity contribution in [2.75, 3.05) is 31.2 Å². The molecular weight excluding hydrogens is 358 g/mol. The summed E-state index contributed by atoms with van der Waals surface area (Å²) in [4.78, 5) is 2.32. The molecule has 0 N–H and O–H groups in total. The number of anilines is 1. The molecule has 0 atom stereocenters. The average molecular weight is 381 g/mol. The quantitative estimate of drug-likeness (QED) is 0.690. The first-order valence-corrected chi connectivity index (χ1v) is 9.68. The molecule has 0 amide bonds. The minimum atomic E-state index is 0.180. The van der Waals surface area contributed by atoms with E-state index in [1.165, 1.54) is 0 Å². The standard InChI is InChI=1S/C20H23N5O3/c1-13-11-19-22-21-14(2)25(19)23-20(13)24-7-5-15(6-8-24)28-16-3-4-17-18(12-16)27-10-9-26-17/h3-4,11-12,15H,5-10H2,1-2H3. The van der Waals surface area contributed by atoms with Crippen molar-refractivity contribution in [1.29, 1.82) is 0 Å². The Kier molecular flexibility index (Phi) is 4.18. The zero-order chi connectivity index (χ0) is 19.1. The molecule has 0 bridgehead atoms. The highest BCUT2D eigenvalue weighted by Crippen LogP contribution is 2.34. The first-order valence-electron chi connectivity index (χ1n) is 9.68. The molecule has 2 aliphatic rings. The Morgan fingerprint density at radius 1 is 1.00 bits per heavy atom. The second-order valence-electron chi connectivity index (χ2n) is 7.28. The Bertz CT molecular complexity index is 1010. The number of rotatable bonds is 3.